The maximum Gasteiger partial charge on any atom is -0.00134 e. The van der Waals surface area contributed by atoms with Crippen LogP contribution in [0.5, 0.6) is 0 Å². The van der Waals surface area contributed by atoms with Crippen LogP contribution in [0.4, 0.5) is 0 Å². The largest absolute Gasteiger partial charge is 0.0625 e. The minimum atomic E-state index is 0.806. The molecule has 0 saturated carbocycles. The average molecular weight is 397 g/mol. The van der Waals surface area contributed by atoms with E-state index in [0.717, 1.165) is 18.8 Å². The molecule has 0 heteroatoms. The van der Waals surface area contributed by atoms with Gasteiger partial charge in [0.15, 0.2) is 0 Å². The van der Waals surface area contributed by atoms with Crippen LogP contribution in [0.3, 0.4) is 0 Å². The van der Waals surface area contributed by atoms with Crippen molar-refractivity contribution in [1.29, 1.82) is 0 Å². The summed E-state index contributed by atoms with van der Waals surface area (Å²) in [5, 5.41) is 0. The molecule has 0 radical (unpaired) electrons. The molecule has 0 bridgehead atoms. The topological polar surface area (TPSA) is 0 Å². The summed E-state index contributed by atoms with van der Waals surface area (Å²) in [7, 11) is 0. The van der Waals surface area contributed by atoms with Gasteiger partial charge in [0.2, 0.25) is 0 Å². The van der Waals surface area contributed by atoms with Gasteiger partial charge >= 0.3 is 0 Å². The first-order valence-corrected chi connectivity index (χ1v) is 12.0. The maximum atomic E-state index is 2.45. The summed E-state index contributed by atoms with van der Waals surface area (Å²) < 4.78 is 0. The summed E-state index contributed by atoms with van der Waals surface area (Å²) in [6.45, 7) is 4.71. The highest BCUT2D eigenvalue weighted by Crippen LogP contribution is 2.39. The van der Waals surface area contributed by atoms with Crippen LogP contribution in [0, 0.1) is 5.92 Å². The van der Waals surface area contributed by atoms with E-state index in [1.54, 1.807) is 11.1 Å². The smallest absolute Gasteiger partial charge is 0.00134 e. The van der Waals surface area contributed by atoms with Crippen molar-refractivity contribution in [3.05, 3.63) is 94.5 Å². The van der Waals surface area contributed by atoms with Crippen LogP contribution < -0.4 is 0 Å². The zero-order valence-electron chi connectivity index (χ0n) is 18.8. The molecule has 0 fully saturated rings. The number of aryl methyl sites for hydroxylation is 3. The van der Waals surface area contributed by atoms with Crippen LogP contribution >= 0.6 is 0 Å². The van der Waals surface area contributed by atoms with Gasteiger partial charge in [-0.3, -0.25) is 0 Å². The maximum absolute atomic E-state index is 2.45. The van der Waals surface area contributed by atoms with Crippen molar-refractivity contribution >= 4 is 0 Å². The summed E-state index contributed by atoms with van der Waals surface area (Å²) in [6, 6.07) is 24.9. The summed E-state index contributed by atoms with van der Waals surface area (Å²) in [6.07, 6.45) is 11.4. The molecular weight excluding hydrogens is 360 g/mol. The van der Waals surface area contributed by atoms with E-state index in [2.05, 4.69) is 80.6 Å². The lowest BCUT2D eigenvalue weighted by molar-refractivity contribution is 0.461. The third-order valence-corrected chi connectivity index (χ3v) is 6.95. The number of unbranched alkanes of at least 4 members (excludes halogenated alkanes) is 2. The van der Waals surface area contributed by atoms with E-state index in [1.807, 2.05) is 0 Å². The van der Waals surface area contributed by atoms with Crippen LogP contribution in [-0.2, 0) is 25.7 Å². The van der Waals surface area contributed by atoms with Crippen molar-refractivity contribution in [2.75, 3.05) is 0 Å². The van der Waals surface area contributed by atoms with Gasteiger partial charge in [-0.05, 0) is 83.4 Å². The van der Waals surface area contributed by atoms with E-state index in [4.69, 9.17) is 0 Å². The average Bonchev–Trinajstić information content (AvgIpc) is 3.17. The lowest BCUT2D eigenvalue weighted by Crippen LogP contribution is -2.00. The van der Waals surface area contributed by atoms with Crippen molar-refractivity contribution in [3.8, 4) is 11.1 Å². The second-order valence-corrected chi connectivity index (χ2v) is 9.15. The van der Waals surface area contributed by atoms with Crippen molar-refractivity contribution in [1.82, 2.24) is 0 Å². The Kier molecular flexibility index (Phi) is 7.05. The number of fused-ring (bicyclic) bond motifs is 3. The van der Waals surface area contributed by atoms with Crippen molar-refractivity contribution in [2.45, 2.75) is 71.6 Å². The highest BCUT2D eigenvalue weighted by Gasteiger charge is 2.20. The lowest BCUT2D eigenvalue weighted by atomic mass is 9.91. The summed E-state index contributed by atoms with van der Waals surface area (Å²) in [5.41, 5.74) is 10.7. The Balaban J connectivity index is 1.23. The standard InChI is InChI=1S/C30H36/c1-3-24-13-7-8-15-25(24)14-6-4-5-12-23(2)20-21-26-17-11-18-28-22-27-16-9-10-19-29(27)30(26)28/h7-11,13,15-19,23H,3-6,12,14,20-22H2,1-2H3. The van der Waals surface area contributed by atoms with Crippen molar-refractivity contribution in [2.24, 2.45) is 5.92 Å². The Labute approximate surface area is 183 Å². The van der Waals surface area contributed by atoms with Crippen LogP contribution in [0.25, 0.3) is 11.1 Å². The van der Waals surface area contributed by atoms with Gasteiger partial charge in [-0.25, -0.2) is 0 Å². The van der Waals surface area contributed by atoms with E-state index >= 15 is 0 Å². The third kappa shape index (κ3) is 4.86. The van der Waals surface area contributed by atoms with Gasteiger partial charge in [0.25, 0.3) is 0 Å². The number of hydrogen-bond acceptors (Lipinski definition) is 0. The second kappa shape index (κ2) is 10.1. The van der Waals surface area contributed by atoms with Crippen molar-refractivity contribution in [3.63, 3.8) is 0 Å². The van der Waals surface area contributed by atoms with E-state index in [-0.39, 0.29) is 0 Å². The normalized spacial score (nSPS) is 13.1. The highest BCUT2D eigenvalue weighted by molar-refractivity contribution is 5.79. The molecule has 1 aliphatic rings. The quantitative estimate of drug-likeness (QED) is 0.237. The van der Waals surface area contributed by atoms with Crippen LogP contribution in [-0.4, -0.2) is 0 Å². The molecule has 3 aromatic rings. The number of hydrogen-bond donors (Lipinski definition) is 0. The first-order valence-electron chi connectivity index (χ1n) is 12.0. The molecule has 0 aromatic heterocycles. The minimum absolute atomic E-state index is 0.806. The molecule has 1 atom stereocenters. The molecule has 0 heterocycles. The summed E-state index contributed by atoms with van der Waals surface area (Å²) >= 11 is 0. The van der Waals surface area contributed by atoms with Crippen LogP contribution in [0.15, 0.2) is 66.7 Å². The molecule has 0 spiro atoms. The Morgan fingerprint density at radius 3 is 2.27 bits per heavy atom. The first-order chi connectivity index (χ1) is 14.8. The molecule has 3 aromatic carbocycles. The van der Waals surface area contributed by atoms with Gasteiger partial charge in [-0.2, -0.15) is 0 Å². The molecule has 1 unspecified atom stereocenters. The van der Waals surface area contributed by atoms with Crippen molar-refractivity contribution < 1.29 is 0 Å². The Bertz CT molecular complexity index is 965. The Morgan fingerprint density at radius 1 is 0.667 bits per heavy atom. The fourth-order valence-electron chi connectivity index (χ4n) is 5.16. The summed E-state index contributed by atoms with van der Waals surface area (Å²) in [4.78, 5) is 0. The molecule has 4 rings (SSSR count). The fourth-order valence-corrected chi connectivity index (χ4v) is 5.16. The van der Waals surface area contributed by atoms with Crippen LogP contribution in [0.2, 0.25) is 0 Å². The highest BCUT2D eigenvalue weighted by atomic mass is 14.2. The van der Waals surface area contributed by atoms with Gasteiger partial charge in [0, 0.05) is 0 Å². The SMILES string of the molecule is CCc1ccccc1CCCCCC(C)CCc1cccc2c1-c1ccccc1C2. The number of rotatable bonds is 10. The molecule has 156 valence electrons. The van der Waals surface area contributed by atoms with Gasteiger partial charge in [0.1, 0.15) is 0 Å². The molecule has 0 nitrogen and oxygen atoms in total. The van der Waals surface area contributed by atoms with Gasteiger partial charge < -0.3 is 0 Å². The van der Waals surface area contributed by atoms with Gasteiger partial charge in [-0.1, -0.05) is 99.8 Å². The minimum Gasteiger partial charge on any atom is -0.0625 e. The predicted molar refractivity (Wildman–Crippen MR) is 130 cm³/mol. The van der Waals surface area contributed by atoms with E-state index in [1.165, 1.54) is 72.8 Å². The zero-order valence-corrected chi connectivity index (χ0v) is 18.8. The monoisotopic (exact) mass is 396 g/mol. The van der Waals surface area contributed by atoms with Gasteiger partial charge in [-0.15, -0.1) is 0 Å². The van der Waals surface area contributed by atoms with E-state index < -0.39 is 0 Å². The molecular formula is C30H36. The van der Waals surface area contributed by atoms with Crippen LogP contribution in [0.1, 0.15) is 73.8 Å². The third-order valence-electron chi connectivity index (χ3n) is 6.95. The lowest BCUT2D eigenvalue weighted by Gasteiger charge is -2.14. The predicted octanol–water partition coefficient (Wildman–Crippen LogP) is 8.19. The summed E-state index contributed by atoms with van der Waals surface area (Å²) in [5.74, 6) is 0.806. The molecule has 1 aliphatic carbocycles. The molecule has 0 saturated heterocycles. The fraction of sp³-hybridized carbons (Fsp3) is 0.400. The second-order valence-electron chi connectivity index (χ2n) is 9.15. The Hall–Kier alpha value is -2.34. The Morgan fingerprint density at radius 2 is 1.40 bits per heavy atom. The molecule has 0 amide bonds. The van der Waals surface area contributed by atoms with E-state index in [9.17, 15) is 0 Å². The zero-order chi connectivity index (χ0) is 20.8. The van der Waals surface area contributed by atoms with Gasteiger partial charge in [0.05, 0.1) is 0 Å². The molecule has 30 heavy (non-hydrogen) atoms. The molecule has 0 aliphatic heterocycles. The number of benzene rings is 3. The molecule has 0 N–H and O–H groups in total. The van der Waals surface area contributed by atoms with E-state index in [0.29, 0.717) is 0 Å². The first kappa shape index (κ1) is 20.9.